The maximum Gasteiger partial charge on any atom is 0.272 e. The van der Waals surface area contributed by atoms with Crippen molar-refractivity contribution in [3.8, 4) is 0 Å². The fourth-order valence-corrected chi connectivity index (χ4v) is 2.75. The number of nitrogens with one attached hydrogen (secondary N) is 1. The van der Waals surface area contributed by atoms with Gasteiger partial charge >= 0.3 is 0 Å². The zero-order valence-corrected chi connectivity index (χ0v) is 11.0. The standard InChI is InChI=1S/C14H20N2O2/c1-10-5-3-7-13(10)15-9-12-6-4-8-14(11(12)2)16(17)18/h4,6,8,10,13,15H,3,5,7,9H2,1-2H3. The molecule has 0 bridgehead atoms. The van der Waals surface area contributed by atoms with Crippen molar-refractivity contribution in [2.75, 3.05) is 0 Å². The van der Waals surface area contributed by atoms with Crippen molar-refractivity contribution in [1.29, 1.82) is 0 Å². The third-order valence-electron chi connectivity index (χ3n) is 4.03. The lowest BCUT2D eigenvalue weighted by Gasteiger charge is -2.18. The maximum absolute atomic E-state index is 10.9. The van der Waals surface area contributed by atoms with Crippen molar-refractivity contribution in [2.45, 2.75) is 45.7 Å². The molecular formula is C14H20N2O2. The van der Waals surface area contributed by atoms with E-state index in [0.29, 0.717) is 12.0 Å². The van der Waals surface area contributed by atoms with Crippen molar-refractivity contribution in [3.05, 3.63) is 39.4 Å². The summed E-state index contributed by atoms with van der Waals surface area (Å²) >= 11 is 0. The van der Waals surface area contributed by atoms with Gasteiger partial charge in [0.15, 0.2) is 0 Å². The van der Waals surface area contributed by atoms with Crippen molar-refractivity contribution < 1.29 is 4.92 Å². The van der Waals surface area contributed by atoms with E-state index >= 15 is 0 Å². The second kappa shape index (κ2) is 5.48. The molecule has 18 heavy (non-hydrogen) atoms. The van der Waals surface area contributed by atoms with Crippen LogP contribution in [-0.2, 0) is 6.54 Å². The van der Waals surface area contributed by atoms with E-state index in [4.69, 9.17) is 0 Å². The van der Waals surface area contributed by atoms with Crippen LogP contribution in [0.5, 0.6) is 0 Å². The molecule has 0 spiro atoms. The van der Waals surface area contributed by atoms with Crippen LogP contribution in [0.2, 0.25) is 0 Å². The van der Waals surface area contributed by atoms with Gasteiger partial charge in [-0.3, -0.25) is 10.1 Å². The molecule has 2 rings (SSSR count). The molecule has 98 valence electrons. The number of benzene rings is 1. The van der Waals surface area contributed by atoms with E-state index in [1.165, 1.54) is 19.3 Å². The monoisotopic (exact) mass is 248 g/mol. The summed E-state index contributed by atoms with van der Waals surface area (Å²) in [4.78, 5) is 10.6. The third-order valence-corrected chi connectivity index (χ3v) is 4.03. The second-order valence-corrected chi connectivity index (χ2v) is 5.21. The molecule has 2 atom stereocenters. The first-order chi connectivity index (χ1) is 8.59. The minimum Gasteiger partial charge on any atom is -0.310 e. The quantitative estimate of drug-likeness (QED) is 0.657. The summed E-state index contributed by atoms with van der Waals surface area (Å²) in [5, 5.41) is 14.4. The van der Waals surface area contributed by atoms with Crippen LogP contribution in [0.1, 0.15) is 37.3 Å². The molecule has 0 saturated heterocycles. The smallest absolute Gasteiger partial charge is 0.272 e. The Morgan fingerprint density at radius 1 is 1.44 bits per heavy atom. The molecule has 0 amide bonds. The summed E-state index contributed by atoms with van der Waals surface area (Å²) in [5.41, 5.74) is 2.03. The predicted octanol–water partition coefficient (Wildman–Crippen LogP) is 3.18. The second-order valence-electron chi connectivity index (χ2n) is 5.21. The summed E-state index contributed by atoms with van der Waals surface area (Å²) in [6, 6.07) is 5.86. The fraction of sp³-hybridized carbons (Fsp3) is 0.571. The molecule has 1 fully saturated rings. The molecule has 1 aliphatic carbocycles. The van der Waals surface area contributed by atoms with Crippen molar-refractivity contribution in [2.24, 2.45) is 5.92 Å². The van der Waals surface area contributed by atoms with Gasteiger partial charge in [-0.2, -0.15) is 0 Å². The maximum atomic E-state index is 10.9. The van der Waals surface area contributed by atoms with E-state index < -0.39 is 0 Å². The number of rotatable bonds is 4. The first-order valence-corrected chi connectivity index (χ1v) is 6.56. The molecule has 4 heteroatoms. The summed E-state index contributed by atoms with van der Waals surface area (Å²) in [5.74, 6) is 0.712. The first-order valence-electron chi connectivity index (χ1n) is 6.56. The molecular weight excluding hydrogens is 228 g/mol. The van der Waals surface area contributed by atoms with Gasteiger partial charge in [-0.15, -0.1) is 0 Å². The minimum absolute atomic E-state index is 0.216. The lowest BCUT2D eigenvalue weighted by Crippen LogP contribution is -2.30. The van der Waals surface area contributed by atoms with Crippen molar-refractivity contribution in [3.63, 3.8) is 0 Å². The topological polar surface area (TPSA) is 55.2 Å². The van der Waals surface area contributed by atoms with E-state index in [1.54, 1.807) is 12.1 Å². The third kappa shape index (κ3) is 2.70. The molecule has 1 saturated carbocycles. The number of nitro benzene ring substituents is 1. The van der Waals surface area contributed by atoms with Crippen LogP contribution in [0.15, 0.2) is 18.2 Å². The van der Waals surface area contributed by atoms with E-state index in [2.05, 4.69) is 12.2 Å². The average Bonchev–Trinajstić information content (AvgIpc) is 2.73. The average molecular weight is 248 g/mol. The lowest BCUT2D eigenvalue weighted by molar-refractivity contribution is -0.385. The Morgan fingerprint density at radius 2 is 2.22 bits per heavy atom. The van der Waals surface area contributed by atoms with Gasteiger partial charge in [0.25, 0.3) is 5.69 Å². The van der Waals surface area contributed by atoms with Gasteiger partial charge in [0.05, 0.1) is 4.92 Å². The first kappa shape index (κ1) is 13.0. The summed E-state index contributed by atoms with van der Waals surface area (Å²) in [6.07, 6.45) is 3.79. The number of nitro groups is 1. The zero-order valence-electron chi connectivity index (χ0n) is 11.0. The molecule has 0 aliphatic heterocycles. The van der Waals surface area contributed by atoms with Crippen LogP contribution >= 0.6 is 0 Å². The van der Waals surface area contributed by atoms with E-state index in [-0.39, 0.29) is 10.6 Å². The Kier molecular flexibility index (Phi) is 3.97. The van der Waals surface area contributed by atoms with Gasteiger partial charge in [0, 0.05) is 24.2 Å². The van der Waals surface area contributed by atoms with E-state index in [0.717, 1.165) is 17.7 Å². The normalized spacial score (nSPS) is 23.2. The summed E-state index contributed by atoms with van der Waals surface area (Å²) < 4.78 is 0. The number of nitrogens with zero attached hydrogens (tertiary/aromatic N) is 1. The highest BCUT2D eigenvalue weighted by Crippen LogP contribution is 2.26. The van der Waals surface area contributed by atoms with Crippen LogP contribution in [0.25, 0.3) is 0 Å². The van der Waals surface area contributed by atoms with Gasteiger partial charge < -0.3 is 5.32 Å². The van der Waals surface area contributed by atoms with Crippen LogP contribution in [-0.4, -0.2) is 11.0 Å². The molecule has 0 heterocycles. The van der Waals surface area contributed by atoms with Crippen LogP contribution < -0.4 is 5.32 Å². The van der Waals surface area contributed by atoms with Gasteiger partial charge in [-0.25, -0.2) is 0 Å². The van der Waals surface area contributed by atoms with Crippen LogP contribution in [0, 0.1) is 23.0 Å². The Morgan fingerprint density at radius 3 is 2.83 bits per heavy atom. The fourth-order valence-electron chi connectivity index (χ4n) is 2.75. The van der Waals surface area contributed by atoms with Gasteiger partial charge in [0.2, 0.25) is 0 Å². The molecule has 4 nitrogen and oxygen atoms in total. The Bertz CT molecular complexity index is 445. The SMILES string of the molecule is Cc1c(CNC2CCCC2C)cccc1[N+](=O)[O-]. The predicted molar refractivity (Wildman–Crippen MR) is 71.5 cm³/mol. The number of hydrogen-bond acceptors (Lipinski definition) is 3. The Hall–Kier alpha value is -1.42. The zero-order chi connectivity index (χ0) is 13.1. The highest BCUT2D eigenvalue weighted by molar-refractivity contribution is 5.44. The largest absolute Gasteiger partial charge is 0.310 e. The van der Waals surface area contributed by atoms with Gasteiger partial charge in [-0.05, 0) is 31.2 Å². The van der Waals surface area contributed by atoms with Gasteiger partial charge in [0.1, 0.15) is 0 Å². The Labute approximate surface area is 108 Å². The molecule has 0 aromatic heterocycles. The lowest BCUT2D eigenvalue weighted by atomic mass is 10.0. The van der Waals surface area contributed by atoms with Crippen molar-refractivity contribution >= 4 is 5.69 Å². The minimum atomic E-state index is -0.309. The Balaban J connectivity index is 2.05. The summed E-state index contributed by atoms with van der Waals surface area (Å²) in [7, 11) is 0. The molecule has 0 radical (unpaired) electrons. The van der Waals surface area contributed by atoms with Crippen molar-refractivity contribution in [1.82, 2.24) is 5.32 Å². The van der Waals surface area contributed by atoms with Crippen LogP contribution in [0.3, 0.4) is 0 Å². The van der Waals surface area contributed by atoms with E-state index in [9.17, 15) is 10.1 Å². The number of hydrogen-bond donors (Lipinski definition) is 1. The summed E-state index contributed by atoms with van der Waals surface area (Å²) in [6.45, 7) is 4.82. The van der Waals surface area contributed by atoms with E-state index in [1.807, 2.05) is 13.0 Å². The molecule has 1 aromatic rings. The molecule has 2 unspecified atom stereocenters. The highest BCUT2D eigenvalue weighted by Gasteiger charge is 2.23. The molecule has 1 aromatic carbocycles. The molecule has 1 aliphatic rings. The van der Waals surface area contributed by atoms with Gasteiger partial charge in [-0.1, -0.05) is 25.5 Å². The van der Waals surface area contributed by atoms with Crippen LogP contribution in [0.4, 0.5) is 5.69 Å². The molecule has 1 N–H and O–H groups in total. The highest BCUT2D eigenvalue weighted by atomic mass is 16.6.